The first kappa shape index (κ1) is 20.5. The lowest BCUT2D eigenvalue weighted by molar-refractivity contribution is -0.118. The molecule has 0 aliphatic heterocycles. The molecule has 0 bridgehead atoms. The molecule has 0 spiro atoms. The summed E-state index contributed by atoms with van der Waals surface area (Å²) in [4.78, 5) is 12.0. The number of nitrogens with zero attached hydrogens (tertiary/aromatic N) is 1. The van der Waals surface area contributed by atoms with E-state index in [9.17, 15) is 4.79 Å². The summed E-state index contributed by atoms with van der Waals surface area (Å²) in [7, 11) is 3.21. The molecule has 0 saturated heterocycles. The summed E-state index contributed by atoms with van der Waals surface area (Å²) < 4.78 is 10.9. The van der Waals surface area contributed by atoms with E-state index in [0.717, 1.165) is 5.56 Å². The summed E-state index contributed by atoms with van der Waals surface area (Å²) >= 11 is 10.8. The van der Waals surface area contributed by atoms with E-state index in [1.165, 1.54) is 7.11 Å². The van der Waals surface area contributed by atoms with Gasteiger partial charge in [0.1, 0.15) is 0 Å². The molecule has 0 fully saturated rings. The van der Waals surface area contributed by atoms with Gasteiger partial charge in [0.05, 0.1) is 13.3 Å². The highest BCUT2D eigenvalue weighted by Gasteiger charge is 2.09. The molecule has 2 rings (SSSR count). The highest BCUT2D eigenvalue weighted by Crippen LogP contribution is 2.27. The van der Waals surface area contributed by atoms with Crippen LogP contribution in [0.25, 0.3) is 0 Å². The minimum absolute atomic E-state index is 0.172. The highest BCUT2D eigenvalue weighted by molar-refractivity contribution is 7.80. The van der Waals surface area contributed by atoms with Crippen molar-refractivity contribution in [3.8, 4) is 11.5 Å². The molecule has 0 aliphatic rings. The van der Waals surface area contributed by atoms with E-state index in [4.69, 9.17) is 33.3 Å². The van der Waals surface area contributed by atoms with Crippen molar-refractivity contribution in [1.82, 2.24) is 10.7 Å². The third kappa shape index (κ3) is 6.76. The molecule has 0 aromatic heterocycles. The third-order valence-electron chi connectivity index (χ3n) is 3.26. The number of anilines is 1. The van der Waals surface area contributed by atoms with Crippen LogP contribution in [0, 0.1) is 0 Å². The third-order valence-corrected chi connectivity index (χ3v) is 3.79. The van der Waals surface area contributed by atoms with Crippen molar-refractivity contribution in [3.05, 3.63) is 53.1 Å². The van der Waals surface area contributed by atoms with Crippen LogP contribution in [0.5, 0.6) is 11.5 Å². The van der Waals surface area contributed by atoms with Crippen molar-refractivity contribution in [2.75, 3.05) is 26.1 Å². The Morgan fingerprint density at radius 3 is 2.78 bits per heavy atom. The van der Waals surface area contributed by atoms with Gasteiger partial charge in [-0.1, -0.05) is 17.7 Å². The predicted molar refractivity (Wildman–Crippen MR) is 111 cm³/mol. The van der Waals surface area contributed by atoms with Crippen molar-refractivity contribution in [1.29, 1.82) is 0 Å². The maximum Gasteiger partial charge on any atom is 0.262 e. The fourth-order valence-corrected chi connectivity index (χ4v) is 2.25. The molecule has 7 nitrogen and oxygen atoms in total. The van der Waals surface area contributed by atoms with Crippen LogP contribution in [-0.2, 0) is 4.79 Å². The summed E-state index contributed by atoms with van der Waals surface area (Å²) in [6.07, 6.45) is 1.59. The number of benzene rings is 2. The number of hydrogen-bond acceptors (Lipinski definition) is 5. The number of carbonyl (C=O) groups is 1. The Morgan fingerprint density at radius 2 is 2.07 bits per heavy atom. The van der Waals surface area contributed by atoms with E-state index in [1.54, 1.807) is 55.7 Å². The summed E-state index contributed by atoms with van der Waals surface area (Å²) in [5.41, 5.74) is 4.03. The van der Waals surface area contributed by atoms with Gasteiger partial charge in [-0.05, 0) is 54.2 Å². The Morgan fingerprint density at radius 1 is 1.26 bits per heavy atom. The molecule has 0 radical (unpaired) electrons. The van der Waals surface area contributed by atoms with E-state index in [2.05, 4.69) is 21.2 Å². The summed E-state index contributed by atoms with van der Waals surface area (Å²) in [6, 6.07) is 12.1. The highest BCUT2D eigenvalue weighted by atomic mass is 35.5. The minimum atomic E-state index is -0.310. The molecule has 1 amide bonds. The molecule has 0 aliphatic carbocycles. The second-order valence-corrected chi connectivity index (χ2v) is 6.05. The first-order chi connectivity index (χ1) is 13.0. The van der Waals surface area contributed by atoms with Crippen molar-refractivity contribution >= 4 is 46.7 Å². The van der Waals surface area contributed by atoms with Crippen LogP contribution in [0.15, 0.2) is 47.6 Å². The second kappa shape index (κ2) is 10.3. The Kier molecular flexibility index (Phi) is 7.84. The van der Waals surface area contributed by atoms with Gasteiger partial charge in [-0.25, -0.2) is 0 Å². The average molecular weight is 407 g/mol. The summed E-state index contributed by atoms with van der Waals surface area (Å²) in [5.74, 6) is 0.607. The maximum atomic E-state index is 12.0. The van der Waals surface area contributed by atoms with Gasteiger partial charge in [0.15, 0.2) is 23.2 Å². The van der Waals surface area contributed by atoms with E-state index in [0.29, 0.717) is 27.3 Å². The van der Waals surface area contributed by atoms with Crippen LogP contribution < -0.4 is 25.5 Å². The average Bonchev–Trinajstić information content (AvgIpc) is 2.66. The van der Waals surface area contributed by atoms with Gasteiger partial charge in [-0.2, -0.15) is 5.10 Å². The minimum Gasteiger partial charge on any atom is -0.493 e. The van der Waals surface area contributed by atoms with Gasteiger partial charge in [0, 0.05) is 17.8 Å². The second-order valence-electron chi connectivity index (χ2n) is 5.21. The Hall–Kier alpha value is -2.84. The van der Waals surface area contributed by atoms with Crippen molar-refractivity contribution < 1.29 is 14.3 Å². The number of ether oxygens (including phenoxy) is 2. The van der Waals surface area contributed by atoms with Crippen LogP contribution in [-0.4, -0.2) is 38.0 Å². The number of carbonyl (C=O) groups excluding carboxylic acids is 1. The zero-order chi connectivity index (χ0) is 19.6. The number of amides is 1. The normalized spacial score (nSPS) is 10.3. The van der Waals surface area contributed by atoms with Gasteiger partial charge in [-0.3, -0.25) is 10.2 Å². The Bertz CT molecular complexity index is 845. The van der Waals surface area contributed by atoms with Crippen LogP contribution in [0.4, 0.5) is 5.69 Å². The van der Waals surface area contributed by atoms with E-state index in [1.807, 2.05) is 0 Å². The fourth-order valence-electron chi connectivity index (χ4n) is 2.01. The molecule has 3 N–H and O–H groups in total. The summed E-state index contributed by atoms with van der Waals surface area (Å²) in [5, 5.41) is 10.4. The molecule has 0 atom stereocenters. The molecule has 2 aromatic carbocycles. The van der Waals surface area contributed by atoms with E-state index < -0.39 is 0 Å². The largest absolute Gasteiger partial charge is 0.493 e. The van der Waals surface area contributed by atoms with Crippen molar-refractivity contribution in [3.63, 3.8) is 0 Å². The maximum absolute atomic E-state index is 12.0. The van der Waals surface area contributed by atoms with Crippen LogP contribution >= 0.6 is 23.8 Å². The molecule has 27 heavy (non-hydrogen) atoms. The monoisotopic (exact) mass is 406 g/mol. The molecule has 0 heterocycles. The number of methoxy groups -OCH3 is 1. The SMILES string of the molecule is CNC(=S)N/N=C/c1ccc(OCC(=O)Nc2cccc(Cl)c2)c(OC)c1. The molecular formula is C18H19ClN4O3S. The summed E-state index contributed by atoms with van der Waals surface area (Å²) in [6.45, 7) is -0.172. The van der Waals surface area contributed by atoms with Crippen molar-refractivity contribution in [2.45, 2.75) is 0 Å². The standard InChI is InChI=1S/C18H19ClN4O3S/c1-20-18(27)23-21-10-12-6-7-15(16(8-12)25-2)26-11-17(24)22-14-5-3-4-13(19)9-14/h3-10H,11H2,1-2H3,(H,22,24)(H2,20,23,27)/b21-10+. The van der Waals surface area contributed by atoms with Gasteiger partial charge >= 0.3 is 0 Å². The Balaban J connectivity index is 1.95. The molecule has 0 unspecified atom stereocenters. The molecule has 2 aromatic rings. The lowest BCUT2D eigenvalue weighted by Crippen LogP contribution is -2.28. The van der Waals surface area contributed by atoms with Gasteiger partial charge < -0.3 is 20.1 Å². The lowest BCUT2D eigenvalue weighted by atomic mass is 10.2. The first-order valence-corrected chi connectivity index (χ1v) is 8.67. The van der Waals surface area contributed by atoms with Crippen LogP contribution in [0.3, 0.4) is 0 Å². The first-order valence-electron chi connectivity index (χ1n) is 7.89. The predicted octanol–water partition coefficient (Wildman–Crippen LogP) is 2.79. The number of nitrogens with one attached hydrogen (secondary N) is 3. The fraction of sp³-hybridized carbons (Fsp3) is 0.167. The Labute approximate surface area is 167 Å². The molecule has 9 heteroatoms. The van der Waals surface area contributed by atoms with E-state index >= 15 is 0 Å². The number of hydrogen-bond donors (Lipinski definition) is 3. The number of halogens is 1. The topological polar surface area (TPSA) is 84.0 Å². The number of rotatable bonds is 7. The smallest absolute Gasteiger partial charge is 0.262 e. The van der Waals surface area contributed by atoms with Gasteiger partial charge in [-0.15, -0.1) is 0 Å². The zero-order valence-corrected chi connectivity index (χ0v) is 16.4. The van der Waals surface area contributed by atoms with Gasteiger partial charge in [0.25, 0.3) is 5.91 Å². The number of hydrazone groups is 1. The molecule has 0 saturated carbocycles. The van der Waals surface area contributed by atoms with Gasteiger partial charge in [0.2, 0.25) is 0 Å². The molecule has 142 valence electrons. The quantitative estimate of drug-likeness (QED) is 0.372. The zero-order valence-electron chi connectivity index (χ0n) is 14.8. The number of thiocarbonyl (C=S) groups is 1. The lowest BCUT2D eigenvalue weighted by Gasteiger charge is -2.11. The van der Waals surface area contributed by atoms with Crippen molar-refractivity contribution in [2.24, 2.45) is 5.10 Å². The van der Waals surface area contributed by atoms with Crippen LogP contribution in [0.2, 0.25) is 5.02 Å². The van der Waals surface area contributed by atoms with Crippen LogP contribution in [0.1, 0.15) is 5.56 Å². The van der Waals surface area contributed by atoms with E-state index in [-0.39, 0.29) is 12.5 Å². The molecular weight excluding hydrogens is 388 g/mol.